The zero-order chi connectivity index (χ0) is 13.7. The first-order chi connectivity index (χ1) is 9.19. The van der Waals surface area contributed by atoms with Crippen LogP contribution in [-0.4, -0.2) is 23.4 Å². The second-order valence-corrected chi connectivity index (χ2v) is 4.03. The summed E-state index contributed by atoms with van der Waals surface area (Å²) < 4.78 is 5.00. The second kappa shape index (κ2) is 6.06. The molecule has 0 spiro atoms. The van der Waals surface area contributed by atoms with Crippen molar-refractivity contribution in [3.63, 3.8) is 0 Å². The highest BCUT2D eigenvalue weighted by Gasteiger charge is 2.00. The summed E-state index contributed by atoms with van der Waals surface area (Å²) in [5.41, 5.74) is 3.54. The number of phenols is 1. The number of hydrogen-bond donors (Lipinski definition) is 2. The molecule has 1 aromatic heterocycles. The molecule has 6 heteroatoms. The fraction of sp³-hybridized carbons (Fsp3) is 0.0769. The van der Waals surface area contributed by atoms with E-state index in [0.29, 0.717) is 16.7 Å². The molecule has 0 saturated carbocycles. The maximum Gasteiger partial charge on any atom is 0.161 e. The number of methoxy groups -OCH3 is 1. The lowest BCUT2D eigenvalue weighted by molar-refractivity contribution is 0.373. The molecule has 0 fully saturated rings. The van der Waals surface area contributed by atoms with Crippen LogP contribution in [0.4, 0.5) is 5.82 Å². The van der Waals surface area contributed by atoms with Crippen LogP contribution in [0.15, 0.2) is 41.5 Å². The lowest BCUT2D eigenvalue weighted by Crippen LogP contribution is -1.93. The number of halogens is 1. The number of nitrogens with one attached hydrogen (secondary N) is 1. The van der Waals surface area contributed by atoms with E-state index in [9.17, 15) is 5.11 Å². The number of ether oxygens (including phenoxy) is 1. The highest BCUT2D eigenvalue weighted by atomic mass is 35.5. The van der Waals surface area contributed by atoms with Crippen molar-refractivity contribution >= 4 is 23.6 Å². The number of phenolic OH excluding ortho intramolecular Hbond substituents is 1. The lowest BCUT2D eigenvalue weighted by atomic mass is 10.2. The van der Waals surface area contributed by atoms with Crippen LogP contribution in [0.2, 0.25) is 5.15 Å². The smallest absolute Gasteiger partial charge is 0.161 e. The van der Waals surface area contributed by atoms with Crippen LogP contribution in [0.1, 0.15) is 5.56 Å². The summed E-state index contributed by atoms with van der Waals surface area (Å²) in [5.74, 6) is 1.03. The number of rotatable bonds is 4. The van der Waals surface area contributed by atoms with E-state index in [1.54, 1.807) is 36.5 Å². The van der Waals surface area contributed by atoms with Gasteiger partial charge >= 0.3 is 0 Å². The van der Waals surface area contributed by atoms with Crippen LogP contribution in [-0.2, 0) is 0 Å². The Kier molecular flexibility index (Phi) is 4.20. The zero-order valence-electron chi connectivity index (χ0n) is 10.2. The molecule has 0 atom stereocenters. The zero-order valence-corrected chi connectivity index (χ0v) is 10.9. The van der Waals surface area contributed by atoms with Crippen LogP contribution in [0, 0.1) is 0 Å². The van der Waals surface area contributed by atoms with Crippen molar-refractivity contribution in [2.45, 2.75) is 0 Å². The molecule has 0 aliphatic carbocycles. The Morgan fingerprint density at radius 1 is 1.37 bits per heavy atom. The van der Waals surface area contributed by atoms with Gasteiger partial charge in [0.15, 0.2) is 11.5 Å². The summed E-state index contributed by atoms with van der Waals surface area (Å²) in [6.07, 6.45) is 1.59. The number of aromatic hydroxyl groups is 1. The topological polar surface area (TPSA) is 66.7 Å². The number of nitrogens with zero attached hydrogens (tertiary/aromatic N) is 2. The van der Waals surface area contributed by atoms with Crippen molar-refractivity contribution in [3.8, 4) is 11.5 Å². The van der Waals surface area contributed by atoms with Crippen LogP contribution in [0.25, 0.3) is 0 Å². The molecule has 2 aromatic rings. The van der Waals surface area contributed by atoms with Crippen LogP contribution in [0.5, 0.6) is 11.5 Å². The van der Waals surface area contributed by atoms with E-state index in [0.717, 1.165) is 5.56 Å². The highest BCUT2D eigenvalue weighted by Crippen LogP contribution is 2.25. The van der Waals surface area contributed by atoms with Gasteiger partial charge in [0.25, 0.3) is 0 Å². The maximum absolute atomic E-state index is 9.46. The third kappa shape index (κ3) is 3.59. The third-order valence-corrected chi connectivity index (χ3v) is 2.52. The molecule has 0 aliphatic rings. The summed E-state index contributed by atoms with van der Waals surface area (Å²) >= 11 is 5.75. The summed E-state index contributed by atoms with van der Waals surface area (Å²) in [4.78, 5) is 4.03. The van der Waals surface area contributed by atoms with Gasteiger partial charge in [0, 0.05) is 0 Å². The van der Waals surface area contributed by atoms with Crippen molar-refractivity contribution in [1.82, 2.24) is 4.98 Å². The molecule has 1 heterocycles. The SMILES string of the molecule is COc1cc(/C=N/Nc2cccc(Cl)n2)ccc1O. The van der Waals surface area contributed by atoms with E-state index < -0.39 is 0 Å². The fourth-order valence-electron chi connectivity index (χ4n) is 1.42. The van der Waals surface area contributed by atoms with Gasteiger partial charge in [-0.25, -0.2) is 4.98 Å². The Bertz CT molecular complexity index is 602. The molecule has 98 valence electrons. The van der Waals surface area contributed by atoms with Crippen LogP contribution in [0.3, 0.4) is 0 Å². The van der Waals surface area contributed by atoms with Gasteiger partial charge in [-0.3, -0.25) is 5.43 Å². The van der Waals surface area contributed by atoms with Gasteiger partial charge in [-0.2, -0.15) is 5.10 Å². The number of benzene rings is 1. The number of hydrogen-bond acceptors (Lipinski definition) is 5. The lowest BCUT2D eigenvalue weighted by Gasteiger charge is -2.03. The van der Waals surface area contributed by atoms with Crippen molar-refractivity contribution in [3.05, 3.63) is 47.1 Å². The van der Waals surface area contributed by atoms with Crippen LogP contribution >= 0.6 is 11.6 Å². The molecular formula is C13H12ClN3O2. The second-order valence-electron chi connectivity index (χ2n) is 3.65. The van der Waals surface area contributed by atoms with Gasteiger partial charge < -0.3 is 9.84 Å². The first kappa shape index (κ1) is 13.2. The molecule has 0 bridgehead atoms. The Labute approximate surface area is 115 Å². The standard InChI is InChI=1S/C13H12ClN3O2/c1-19-11-7-9(5-6-10(11)18)8-15-17-13-4-2-3-12(14)16-13/h2-8,18H,1H3,(H,16,17)/b15-8+. The van der Waals surface area contributed by atoms with Crippen molar-refractivity contribution < 1.29 is 9.84 Å². The molecule has 2 N–H and O–H groups in total. The summed E-state index contributed by atoms with van der Waals surface area (Å²) in [6.45, 7) is 0. The van der Waals surface area contributed by atoms with Gasteiger partial charge in [-0.1, -0.05) is 17.7 Å². The van der Waals surface area contributed by atoms with Crippen molar-refractivity contribution in [1.29, 1.82) is 0 Å². The minimum atomic E-state index is 0.0871. The molecule has 0 amide bonds. The summed E-state index contributed by atoms with van der Waals surface area (Å²) in [5, 5.41) is 13.9. The number of anilines is 1. The Morgan fingerprint density at radius 3 is 2.95 bits per heavy atom. The van der Waals surface area contributed by atoms with E-state index in [1.807, 2.05) is 0 Å². The maximum atomic E-state index is 9.46. The fourth-order valence-corrected chi connectivity index (χ4v) is 1.58. The number of hydrazone groups is 1. The van der Waals surface area contributed by atoms with Gasteiger partial charge in [-0.15, -0.1) is 0 Å². The minimum absolute atomic E-state index is 0.0871. The van der Waals surface area contributed by atoms with Gasteiger partial charge in [0.2, 0.25) is 0 Å². The number of pyridine rings is 1. The predicted octanol–water partition coefficient (Wildman–Crippen LogP) is 2.90. The molecule has 0 unspecified atom stereocenters. The quantitative estimate of drug-likeness (QED) is 0.512. The first-order valence-electron chi connectivity index (χ1n) is 5.47. The molecule has 2 rings (SSSR count). The average Bonchev–Trinajstić information content (AvgIpc) is 2.41. The summed E-state index contributed by atoms with van der Waals surface area (Å²) in [7, 11) is 1.49. The van der Waals surface area contributed by atoms with Gasteiger partial charge in [0.05, 0.1) is 13.3 Å². The van der Waals surface area contributed by atoms with Gasteiger partial charge in [0.1, 0.15) is 11.0 Å². The molecule has 19 heavy (non-hydrogen) atoms. The molecular weight excluding hydrogens is 266 g/mol. The number of aromatic nitrogens is 1. The molecule has 1 aromatic carbocycles. The van der Waals surface area contributed by atoms with E-state index in [-0.39, 0.29) is 5.75 Å². The summed E-state index contributed by atoms with van der Waals surface area (Å²) in [6, 6.07) is 10.1. The normalized spacial score (nSPS) is 10.6. The van der Waals surface area contributed by atoms with E-state index >= 15 is 0 Å². The van der Waals surface area contributed by atoms with Crippen molar-refractivity contribution in [2.24, 2.45) is 5.10 Å². The average molecular weight is 278 g/mol. The first-order valence-corrected chi connectivity index (χ1v) is 5.85. The predicted molar refractivity (Wildman–Crippen MR) is 75.1 cm³/mol. The Balaban J connectivity index is 2.07. The van der Waals surface area contributed by atoms with E-state index in [2.05, 4.69) is 15.5 Å². The molecule has 0 saturated heterocycles. The van der Waals surface area contributed by atoms with Crippen molar-refractivity contribution in [2.75, 3.05) is 12.5 Å². The molecule has 0 radical (unpaired) electrons. The molecule has 5 nitrogen and oxygen atoms in total. The minimum Gasteiger partial charge on any atom is -0.504 e. The largest absolute Gasteiger partial charge is 0.504 e. The highest BCUT2D eigenvalue weighted by molar-refractivity contribution is 6.29. The van der Waals surface area contributed by atoms with Gasteiger partial charge in [-0.05, 0) is 35.9 Å². The molecule has 0 aliphatic heterocycles. The third-order valence-electron chi connectivity index (χ3n) is 2.31. The Hall–Kier alpha value is -2.27. The Morgan fingerprint density at radius 2 is 2.21 bits per heavy atom. The van der Waals surface area contributed by atoms with E-state index in [4.69, 9.17) is 16.3 Å². The van der Waals surface area contributed by atoms with E-state index in [1.165, 1.54) is 13.2 Å². The van der Waals surface area contributed by atoms with Crippen LogP contribution < -0.4 is 10.2 Å². The monoisotopic (exact) mass is 277 g/mol.